The van der Waals surface area contributed by atoms with E-state index >= 15 is 0 Å². The number of benzene rings is 1. The van der Waals surface area contributed by atoms with Crippen LogP contribution in [0.15, 0.2) is 24.3 Å². The summed E-state index contributed by atoms with van der Waals surface area (Å²) in [6, 6.07) is 6.87. The van der Waals surface area contributed by atoms with Crippen LogP contribution in [0.25, 0.3) is 0 Å². The van der Waals surface area contributed by atoms with Crippen molar-refractivity contribution in [2.75, 3.05) is 19.8 Å². The molecule has 1 aliphatic rings. The predicted octanol–water partition coefficient (Wildman–Crippen LogP) is 1.77. The summed E-state index contributed by atoms with van der Waals surface area (Å²) in [4.78, 5) is 36.5. The SMILES string of the molecule is Cc1ccc(C2(C(=O)NCC(=O)N[C@@H](CC(C)C)C(=O)O)CCOCC2)cc1. The Morgan fingerprint density at radius 3 is 2.29 bits per heavy atom. The zero-order chi connectivity index (χ0) is 20.7. The van der Waals surface area contributed by atoms with E-state index in [4.69, 9.17) is 4.74 Å². The van der Waals surface area contributed by atoms with Crippen molar-refractivity contribution >= 4 is 17.8 Å². The summed E-state index contributed by atoms with van der Waals surface area (Å²) in [5.74, 6) is -1.69. The zero-order valence-corrected chi connectivity index (χ0v) is 16.8. The smallest absolute Gasteiger partial charge is 0.326 e. The zero-order valence-electron chi connectivity index (χ0n) is 16.8. The van der Waals surface area contributed by atoms with Crippen molar-refractivity contribution in [3.05, 3.63) is 35.4 Å². The van der Waals surface area contributed by atoms with Crippen LogP contribution in [0.2, 0.25) is 0 Å². The summed E-state index contributed by atoms with van der Waals surface area (Å²) in [7, 11) is 0. The molecule has 0 saturated carbocycles. The van der Waals surface area contributed by atoms with E-state index in [0.29, 0.717) is 32.5 Å². The molecule has 0 unspecified atom stereocenters. The van der Waals surface area contributed by atoms with Gasteiger partial charge in [-0.25, -0.2) is 4.79 Å². The average molecular weight is 390 g/mol. The van der Waals surface area contributed by atoms with Gasteiger partial charge < -0.3 is 20.5 Å². The van der Waals surface area contributed by atoms with Gasteiger partial charge in [-0.2, -0.15) is 0 Å². The third-order valence-electron chi connectivity index (χ3n) is 5.14. The van der Waals surface area contributed by atoms with E-state index in [0.717, 1.165) is 11.1 Å². The molecule has 1 aromatic carbocycles. The van der Waals surface area contributed by atoms with Gasteiger partial charge in [0.05, 0.1) is 12.0 Å². The molecule has 1 heterocycles. The van der Waals surface area contributed by atoms with E-state index in [-0.39, 0.29) is 18.4 Å². The minimum atomic E-state index is -1.08. The number of nitrogens with one attached hydrogen (secondary N) is 2. The van der Waals surface area contributed by atoms with Crippen LogP contribution < -0.4 is 10.6 Å². The maximum Gasteiger partial charge on any atom is 0.326 e. The van der Waals surface area contributed by atoms with Gasteiger partial charge in [0.1, 0.15) is 6.04 Å². The van der Waals surface area contributed by atoms with Gasteiger partial charge in [0.25, 0.3) is 0 Å². The largest absolute Gasteiger partial charge is 0.480 e. The number of amides is 2. The number of hydrogen-bond acceptors (Lipinski definition) is 4. The van der Waals surface area contributed by atoms with Gasteiger partial charge in [0.2, 0.25) is 11.8 Å². The number of ether oxygens (including phenoxy) is 1. The molecule has 28 heavy (non-hydrogen) atoms. The molecule has 1 aliphatic heterocycles. The average Bonchev–Trinajstić information content (AvgIpc) is 2.66. The molecule has 2 rings (SSSR count). The number of hydrogen-bond donors (Lipinski definition) is 3. The first-order valence-electron chi connectivity index (χ1n) is 9.70. The summed E-state index contributed by atoms with van der Waals surface area (Å²) < 4.78 is 5.44. The molecule has 154 valence electrons. The maximum atomic E-state index is 13.0. The normalized spacial score (nSPS) is 17.0. The molecule has 3 N–H and O–H groups in total. The second-order valence-electron chi connectivity index (χ2n) is 7.83. The molecular weight excluding hydrogens is 360 g/mol. The van der Waals surface area contributed by atoms with Crippen LogP contribution >= 0.6 is 0 Å². The van der Waals surface area contributed by atoms with Crippen LogP contribution in [0.3, 0.4) is 0 Å². The van der Waals surface area contributed by atoms with Crippen molar-refractivity contribution in [1.29, 1.82) is 0 Å². The molecule has 0 bridgehead atoms. The van der Waals surface area contributed by atoms with Crippen molar-refractivity contribution in [3.8, 4) is 0 Å². The second kappa shape index (κ2) is 9.68. The van der Waals surface area contributed by atoms with Crippen LogP contribution in [0.1, 0.15) is 44.2 Å². The third kappa shape index (κ3) is 5.55. The first-order valence-corrected chi connectivity index (χ1v) is 9.70. The topological polar surface area (TPSA) is 105 Å². The molecule has 0 radical (unpaired) electrons. The van der Waals surface area contributed by atoms with E-state index in [1.807, 2.05) is 45.0 Å². The minimum absolute atomic E-state index is 0.128. The lowest BCUT2D eigenvalue weighted by Gasteiger charge is -2.36. The van der Waals surface area contributed by atoms with E-state index in [2.05, 4.69) is 10.6 Å². The van der Waals surface area contributed by atoms with E-state index in [1.54, 1.807) is 0 Å². The van der Waals surface area contributed by atoms with E-state index < -0.39 is 23.3 Å². The lowest BCUT2D eigenvalue weighted by molar-refractivity contribution is -0.142. The first kappa shape index (κ1) is 21.9. The Labute approximate surface area is 165 Å². The van der Waals surface area contributed by atoms with Crippen molar-refractivity contribution in [2.24, 2.45) is 5.92 Å². The van der Waals surface area contributed by atoms with Crippen molar-refractivity contribution < 1.29 is 24.2 Å². The van der Waals surface area contributed by atoms with Crippen LogP contribution in [0.5, 0.6) is 0 Å². The Hall–Kier alpha value is -2.41. The molecule has 2 amide bonds. The van der Waals surface area contributed by atoms with Gasteiger partial charge in [-0.15, -0.1) is 0 Å². The number of carboxylic acids is 1. The van der Waals surface area contributed by atoms with E-state index in [9.17, 15) is 19.5 Å². The van der Waals surface area contributed by atoms with Gasteiger partial charge in [0.15, 0.2) is 0 Å². The number of carbonyl (C=O) groups excluding carboxylic acids is 2. The van der Waals surface area contributed by atoms with Gasteiger partial charge in [-0.1, -0.05) is 43.7 Å². The molecule has 0 aromatic heterocycles. The first-order chi connectivity index (χ1) is 13.2. The summed E-state index contributed by atoms with van der Waals surface area (Å²) in [5, 5.41) is 14.4. The van der Waals surface area contributed by atoms with E-state index in [1.165, 1.54) is 0 Å². The summed E-state index contributed by atoms with van der Waals surface area (Å²) in [6.07, 6.45) is 1.41. The highest BCUT2D eigenvalue weighted by Crippen LogP contribution is 2.35. The maximum absolute atomic E-state index is 13.0. The van der Waals surface area contributed by atoms with Crippen molar-refractivity contribution in [2.45, 2.75) is 51.5 Å². The standard InChI is InChI=1S/C21H30N2O5/c1-14(2)12-17(19(25)26)23-18(24)13-22-20(27)21(8-10-28-11-9-21)16-6-4-15(3)5-7-16/h4-7,14,17H,8-13H2,1-3H3,(H,22,27)(H,23,24)(H,25,26)/t17-/m0/s1. The number of aliphatic carboxylic acids is 1. The fourth-order valence-electron chi connectivity index (χ4n) is 3.51. The van der Waals surface area contributed by atoms with Crippen molar-refractivity contribution in [1.82, 2.24) is 10.6 Å². The van der Waals surface area contributed by atoms with Gasteiger partial charge >= 0.3 is 5.97 Å². The Bertz CT molecular complexity index is 693. The number of carbonyl (C=O) groups is 3. The monoisotopic (exact) mass is 390 g/mol. The lowest BCUT2D eigenvalue weighted by Crippen LogP contribution is -2.51. The molecule has 1 aromatic rings. The van der Waals surface area contributed by atoms with Crippen LogP contribution in [0, 0.1) is 12.8 Å². The minimum Gasteiger partial charge on any atom is -0.480 e. The van der Waals surface area contributed by atoms with Crippen LogP contribution in [0.4, 0.5) is 0 Å². The molecule has 1 atom stereocenters. The quantitative estimate of drug-likeness (QED) is 0.628. The van der Waals surface area contributed by atoms with Crippen molar-refractivity contribution in [3.63, 3.8) is 0 Å². The molecule has 1 saturated heterocycles. The highest BCUT2D eigenvalue weighted by Gasteiger charge is 2.41. The highest BCUT2D eigenvalue weighted by atomic mass is 16.5. The van der Waals surface area contributed by atoms with Crippen LogP contribution in [-0.4, -0.2) is 48.7 Å². The fourth-order valence-corrected chi connectivity index (χ4v) is 3.51. The summed E-state index contributed by atoms with van der Waals surface area (Å²) in [5.41, 5.74) is 1.27. The highest BCUT2D eigenvalue weighted by molar-refractivity contribution is 5.92. The van der Waals surface area contributed by atoms with Gasteiger partial charge in [-0.3, -0.25) is 9.59 Å². The molecule has 0 spiro atoms. The molecule has 0 aliphatic carbocycles. The Morgan fingerprint density at radius 2 is 1.75 bits per heavy atom. The Morgan fingerprint density at radius 1 is 1.14 bits per heavy atom. The Kier molecular flexibility index (Phi) is 7.57. The van der Waals surface area contributed by atoms with Gasteiger partial charge in [0, 0.05) is 13.2 Å². The Balaban J connectivity index is 2.04. The summed E-state index contributed by atoms with van der Waals surface area (Å²) in [6.45, 7) is 6.46. The molecule has 7 nitrogen and oxygen atoms in total. The number of rotatable bonds is 8. The number of carboxylic acid groups (broad SMARTS) is 1. The van der Waals surface area contributed by atoms with Gasteiger partial charge in [-0.05, 0) is 37.7 Å². The second-order valence-corrected chi connectivity index (χ2v) is 7.83. The lowest BCUT2D eigenvalue weighted by atomic mass is 9.73. The van der Waals surface area contributed by atoms with Crippen LogP contribution in [-0.2, 0) is 24.5 Å². The number of aryl methyl sites for hydroxylation is 1. The summed E-state index contributed by atoms with van der Waals surface area (Å²) >= 11 is 0. The predicted molar refractivity (Wildman–Crippen MR) is 105 cm³/mol. The fraction of sp³-hybridized carbons (Fsp3) is 0.571. The molecular formula is C21H30N2O5. The molecule has 1 fully saturated rings. The third-order valence-corrected chi connectivity index (χ3v) is 5.14. The molecule has 7 heteroatoms.